The Morgan fingerprint density at radius 2 is 2.00 bits per heavy atom. The molecular weight excluding hydrogens is 276 g/mol. The lowest BCUT2D eigenvalue weighted by Crippen LogP contribution is -2.30. The molecule has 2 rings (SSSR count). The third-order valence-corrected chi connectivity index (χ3v) is 3.22. The largest absolute Gasteiger partial charge is 0.496 e. The van der Waals surface area contributed by atoms with Crippen molar-refractivity contribution in [3.63, 3.8) is 0 Å². The third kappa shape index (κ3) is 3.26. The number of methoxy groups -OCH3 is 1. The molecule has 0 saturated carbocycles. The van der Waals surface area contributed by atoms with Gasteiger partial charge >= 0.3 is 0 Å². The van der Waals surface area contributed by atoms with Gasteiger partial charge in [0.2, 0.25) is 0 Å². The van der Waals surface area contributed by atoms with E-state index in [-0.39, 0.29) is 17.5 Å². The van der Waals surface area contributed by atoms with Crippen LogP contribution in [0.3, 0.4) is 0 Å². The molecule has 4 heteroatoms. The Hall–Kier alpha value is -2.80. The van der Waals surface area contributed by atoms with Crippen LogP contribution in [0.5, 0.6) is 5.75 Å². The lowest BCUT2D eigenvalue weighted by atomic mass is 10.0. The number of carbonyl (C=O) groups excluding carboxylic acids is 1. The number of amides is 1. The van der Waals surface area contributed by atoms with E-state index >= 15 is 0 Å². The molecule has 2 aromatic rings. The number of hydrogen-bond acceptors (Lipinski definition) is 3. The highest BCUT2D eigenvalue weighted by molar-refractivity contribution is 6.05. The van der Waals surface area contributed by atoms with Gasteiger partial charge in [-0.2, -0.15) is 5.26 Å². The number of rotatable bonds is 4. The summed E-state index contributed by atoms with van der Waals surface area (Å²) in [5.74, 6) is 0.247. The first-order chi connectivity index (χ1) is 10.6. The van der Waals surface area contributed by atoms with E-state index in [0.717, 1.165) is 16.3 Å². The van der Waals surface area contributed by atoms with E-state index in [0.29, 0.717) is 5.75 Å². The maximum atomic E-state index is 12.1. The first-order valence-electron chi connectivity index (χ1n) is 7.05. The summed E-state index contributed by atoms with van der Waals surface area (Å²) in [5.41, 5.74) is 0.791. The molecule has 112 valence electrons. The van der Waals surface area contributed by atoms with E-state index in [1.807, 2.05) is 56.3 Å². The van der Waals surface area contributed by atoms with Crippen molar-refractivity contribution >= 4 is 22.8 Å². The van der Waals surface area contributed by atoms with Gasteiger partial charge in [-0.25, -0.2) is 0 Å². The molecule has 0 spiro atoms. The molecule has 1 N–H and O–H groups in total. The lowest BCUT2D eigenvalue weighted by Gasteiger charge is -2.11. The van der Waals surface area contributed by atoms with Crippen LogP contribution in [0, 0.1) is 11.3 Å². The molecule has 0 aliphatic rings. The highest BCUT2D eigenvalue weighted by Gasteiger charge is 2.13. The topological polar surface area (TPSA) is 62.1 Å². The Labute approximate surface area is 130 Å². The smallest absolute Gasteiger partial charge is 0.262 e. The van der Waals surface area contributed by atoms with Crippen LogP contribution in [0.4, 0.5) is 0 Å². The van der Waals surface area contributed by atoms with Gasteiger partial charge in [0, 0.05) is 11.6 Å². The molecule has 0 atom stereocenters. The summed E-state index contributed by atoms with van der Waals surface area (Å²) in [6.07, 6.45) is 1.58. The summed E-state index contributed by atoms with van der Waals surface area (Å²) >= 11 is 0. The predicted molar refractivity (Wildman–Crippen MR) is 87.4 cm³/mol. The Bertz CT molecular complexity index is 770. The highest BCUT2D eigenvalue weighted by Crippen LogP contribution is 2.30. The van der Waals surface area contributed by atoms with Crippen molar-refractivity contribution in [1.82, 2.24) is 5.32 Å². The van der Waals surface area contributed by atoms with Gasteiger partial charge in [0.15, 0.2) is 0 Å². The second kappa shape index (κ2) is 6.77. The number of nitrogens with zero attached hydrogens (tertiary/aromatic N) is 1. The normalized spacial score (nSPS) is 11.3. The van der Waals surface area contributed by atoms with Crippen molar-refractivity contribution in [2.45, 2.75) is 19.9 Å². The fourth-order valence-corrected chi connectivity index (χ4v) is 2.24. The Morgan fingerprint density at radius 3 is 2.64 bits per heavy atom. The third-order valence-electron chi connectivity index (χ3n) is 3.22. The molecule has 1 amide bonds. The van der Waals surface area contributed by atoms with Crippen molar-refractivity contribution in [2.24, 2.45) is 0 Å². The summed E-state index contributed by atoms with van der Waals surface area (Å²) < 4.78 is 5.37. The SMILES string of the molecule is COc1ccc2ccccc2c1/C=C(\C#N)C(=O)NC(C)C. The van der Waals surface area contributed by atoms with Crippen LogP contribution in [-0.4, -0.2) is 19.1 Å². The summed E-state index contributed by atoms with van der Waals surface area (Å²) in [5, 5.41) is 14.0. The molecule has 2 aromatic carbocycles. The number of carbonyl (C=O) groups is 1. The fourth-order valence-electron chi connectivity index (χ4n) is 2.24. The van der Waals surface area contributed by atoms with Crippen LogP contribution in [0.1, 0.15) is 19.4 Å². The molecule has 0 aliphatic carbocycles. The number of fused-ring (bicyclic) bond motifs is 1. The molecule has 0 fully saturated rings. The number of nitrogens with one attached hydrogen (secondary N) is 1. The second-order valence-corrected chi connectivity index (χ2v) is 5.20. The fraction of sp³-hybridized carbons (Fsp3) is 0.222. The molecule has 0 heterocycles. The zero-order chi connectivity index (χ0) is 16.1. The highest BCUT2D eigenvalue weighted by atomic mass is 16.5. The minimum absolute atomic E-state index is 0.0290. The maximum absolute atomic E-state index is 12.1. The second-order valence-electron chi connectivity index (χ2n) is 5.20. The molecule has 0 unspecified atom stereocenters. The van der Waals surface area contributed by atoms with Crippen molar-refractivity contribution in [2.75, 3.05) is 7.11 Å². The van der Waals surface area contributed by atoms with Gasteiger partial charge in [-0.15, -0.1) is 0 Å². The Kier molecular flexibility index (Phi) is 4.80. The molecule has 0 saturated heterocycles. The quantitative estimate of drug-likeness (QED) is 0.695. The summed E-state index contributed by atoms with van der Waals surface area (Å²) in [6, 6.07) is 13.5. The molecule has 0 aliphatic heterocycles. The molecule has 4 nitrogen and oxygen atoms in total. The number of hydrogen-bond donors (Lipinski definition) is 1. The van der Waals surface area contributed by atoms with Crippen LogP contribution in [0.25, 0.3) is 16.8 Å². The van der Waals surface area contributed by atoms with E-state index < -0.39 is 0 Å². The van der Waals surface area contributed by atoms with Crippen LogP contribution in [0.15, 0.2) is 42.0 Å². The summed E-state index contributed by atoms with van der Waals surface area (Å²) in [4.78, 5) is 12.1. The minimum atomic E-state index is -0.382. The van der Waals surface area contributed by atoms with Gasteiger partial charge in [0.05, 0.1) is 7.11 Å². The van der Waals surface area contributed by atoms with E-state index in [1.54, 1.807) is 13.2 Å². The van der Waals surface area contributed by atoms with Crippen LogP contribution in [-0.2, 0) is 4.79 Å². The zero-order valence-corrected chi connectivity index (χ0v) is 12.9. The average molecular weight is 294 g/mol. The van der Waals surface area contributed by atoms with E-state index in [2.05, 4.69) is 5.32 Å². The average Bonchev–Trinajstić information content (AvgIpc) is 2.51. The van der Waals surface area contributed by atoms with Crippen LogP contribution < -0.4 is 10.1 Å². The standard InChI is InChI=1S/C18H18N2O2/c1-12(2)20-18(21)14(11-19)10-16-15-7-5-4-6-13(15)8-9-17(16)22-3/h4-10,12H,1-3H3,(H,20,21)/b14-10+. The molecule has 0 aromatic heterocycles. The first-order valence-corrected chi connectivity index (χ1v) is 7.05. The molecular formula is C18H18N2O2. The number of benzene rings is 2. The van der Waals surface area contributed by atoms with E-state index in [9.17, 15) is 10.1 Å². The molecule has 0 radical (unpaired) electrons. The van der Waals surface area contributed by atoms with Gasteiger partial charge in [-0.3, -0.25) is 4.79 Å². The summed E-state index contributed by atoms with van der Waals surface area (Å²) in [7, 11) is 1.57. The minimum Gasteiger partial charge on any atom is -0.496 e. The van der Waals surface area contributed by atoms with E-state index in [4.69, 9.17) is 4.74 Å². The predicted octanol–water partition coefficient (Wildman–Crippen LogP) is 3.28. The van der Waals surface area contributed by atoms with Gasteiger partial charge in [0.25, 0.3) is 5.91 Å². The maximum Gasteiger partial charge on any atom is 0.262 e. The Balaban J connectivity index is 2.59. The first kappa shape index (κ1) is 15.6. The number of nitriles is 1. The Morgan fingerprint density at radius 1 is 1.27 bits per heavy atom. The lowest BCUT2D eigenvalue weighted by molar-refractivity contribution is -0.117. The van der Waals surface area contributed by atoms with Gasteiger partial charge in [-0.1, -0.05) is 30.3 Å². The molecule has 22 heavy (non-hydrogen) atoms. The van der Waals surface area contributed by atoms with Gasteiger partial charge in [-0.05, 0) is 36.8 Å². The van der Waals surface area contributed by atoms with Crippen LogP contribution >= 0.6 is 0 Å². The van der Waals surface area contributed by atoms with Crippen molar-refractivity contribution in [3.05, 3.63) is 47.5 Å². The number of ether oxygens (including phenoxy) is 1. The van der Waals surface area contributed by atoms with Gasteiger partial charge < -0.3 is 10.1 Å². The zero-order valence-electron chi connectivity index (χ0n) is 12.9. The van der Waals surface area contributed by atoms with Crippen molar-refractivity contribution < 1.29 is 9.53 Å². The van der Waals surface area contributed by atoms with E-state index in [1.165, 1.54) is 0 Å². The van der Waals surface area contributed by atoms with Gasteiger partial charge in [0.1, 0.15) is 17.4 Å². The molecule has 0 bridgehead atoms. The van der Waals surface area contributed by atoms with Crippen LogP contribution in [0.2, 0.25) is 0 Å². The monoisotopic (exact) mass is 294 g/mol. The van der Waals surface area contributed by atoms with Crippen molar-refractivity contribution in [3.8, 4) is 11.8 Å². The summed E-state index contributed by atoms with van der Waals surface area (Å²) in [6.45, 7) is 3.71. The van der Waals surface area contributed by atoms with Crippen molar-refractivity contribution in [1.29, 1.82) is 5.26 Å².